The Morgan fingerprint density at radius 3 is 0.896 bits per heavy atom. The van der Waals surface area contributed by atoms with Gasteiger partial charge in [0, 0.05) is 101 Å². The predicted octanol–water partition coefficient (Wildman–Crippen LogP) is 35.3. The van der Waals surface area contributed by atoms with E-state index in [1.54, 1.807) is 43.5 Å². The van der Waals surface area contributed by atoms with E-state index >= 15 is 0 Å². The molecule has 3 aliphatic carbocycles. The second-order valence-corrected chi connectivity index (χ2v) is 56.6. The number of fused-ring (bicyclic) bond motifs is 9. The zero-order chi connectivity index (χ0) is 105. The summed E-state index contributed by atoms with van der Waals surface area (Å²) in [7, 11) is 3.65. The van der Waals surface area contributed by atoms with Crippen LogP contribution in [0, 0.1) is 62.8 Å². The largest absolute Gasteiger partial charge is 0 e. The van der Waals surface area contributed by atoms with Gasteiger partial charge in [0.25, 0.3) is 16.7 Å². The summed E-state index contributed by atoms with van der Waals surface area (Å²) < 4.78 is 27.1. The molecule has 6 aromatic heterocycles. The maximum atomic E-state index is 14.1. The zero-order valence-electron chi connectivity index (χ0n) is 91.1. The Labute approximate surface area is 961 Å². The molecule has 0 unspecified atom stereocenters. The Bertz CT molecular complexity index is 5550. The van der Waals surface area contributed by atoms with Gasteiger partial charge in [-0.05, 0) is 181 Å². The van der Waals surface area contributed by atoms with Crippen molar-refractivity contribution in [3.63, 3.8) is 0 Å². The van der Waals surface area contributed by atoms with Crippen molar-refractivity contribution in [1.29, 1.82) is 0 Å². The van der Waals surface area contributed by atoms with Gasteiger partial charge >= 0.3 is 54.0 Å². The smallest absolute Gasteiger partial charge is 0 e. The fraction of sp³-hybridized carbons (Fsp3) is 0.491. The standard InChI is InChI=1S/C31H39N3O2Si.C30H36ClN3O2Si.C24H31BrN2O2Si.C6H5ClN.6C4H9.CH3.2ClH.Pd.2Pt.2Zn/c1-21-15-16-22(19-32-21)17-23-18-26-29(25-12-8-7-11-24(23)25)33-20-34(30(26)35)27-13-9-10-14-28(27)36-37(5,6)31(2,3)4;1-30(2,3)37(4,5)36-26-13-9-8-12-25(26)34-19-33-28-23-11-7-6-10-22(23)21(17-24(28)29(34)35)16-20-14-15-27(31)32-18-20;1-24(2,3)30(4,5)29-21-13-9-8-12-20(21)27-15-26-22-17-11-7-6-10-16(17)19(25)14-18(22)23(27)28;1-5-2-3-6(7)8-4-5;6*1-3-4-2;;;;;;;;/h7-8,11-12,15-16,18-20,27-28H,9-10,13-14,17H2,1-6H3;6-7,10-11,14-15,17-19,25-26H,8-9,12-13,16H2,1-5H3;6-7,10-11,14-15,20-21H,8-9,12-13H2,1-5H3;2-4H,1H2;6*1,3-4H2,2H3;1H3;2*1H;;;;;/q;;;8*-1;;;;;;2*+2/p-2/t27-,28-;25-,26-;20-,21-;;;;;;;;;;;;;;;/m000.............../s1. The second kappa shape index (κ2) is 71.3. The first kappa shape index (κ1) is 140. The normalized spacial score (nSPS) is 15.9. The first-order chi connectivity index (χ1) is 66.5. The molecule has 3 fully saturated rings. The van der Waals surface area contributed by atoms with Crippen LogP contribution in [0.3, 0.4) is 0 Å². The van der Waals surface area contributed by atoms with Crippen LogP contribution < -0.4 is 16.7 Å². The summed E-state index contributed by atoms with van der Waals surface area (Å²) in [5, 5.41) is 9.73. The van der Waals surface area contributed by atoms with Crippen molar-refractivity contribution in [2.45, 2.75) is 369 Å². The third-order valence-corrected chi connectivity index (χ3v) is 41.4. The summed E-state index contributed by atoms with van der Waals surface area (Å²) in [5.41, 5.74) is 8.67. The molecule has 6 heterocycles. The summed E-state index contributed by atoms with van der Waals surface area (Å²) in [6.07, 6.45) is 38.4. The molecule has 0 radical (unpaired) electrons. The van der Waals surface area contributed by atoms with Gasteiger partial charge in [-0.1, -0.05) is 317 Å². The summed E-state index contributed by atoms with van der Waals surface area (Å²) in [5.74, 6) is 0. The van der Waals surface area contributed by atoms with Gasteiger partial charge in [0.2, 0.25) is 0 Å². The summed E-state index contributed by atoms with van der Waals surface area (Å²) in [6.45, 7) is 74.2. The third kappa shape index (κ3) is 42.6. The number of hydrogen-bond acceptors (Lipinski definition) is 12. The summed E-state index contributed by atoms with van der Waals surface area (Å²) in [4.78, 5) is 68.8. The summed E-state index contributed by atoms with van der Waals surface area (Å²) in [6, 6.07) is 42.1. The van der Waals surface area contributed by atoms with Crippen molar-refractivity contribution >= 4 is 148 Å². The van der Waals surface area contributed by atoms with E-state index in [0.717, 1.165) is 243 Å². The van der Waals surface area contributed by atoms with E-state index in [0.29, 0.717) is 32.9 Å². The van der Waals surface area contributed by atoms with E-state index in [-0.39, 0.29) is 138 Å². The Morgan fingerprint density at radius 2 is 0.639 bits per heavy atom. The van der Waals surface area contributed by atoms with E-state index in [4.69, 9.17) is 70.8 Å². The van der Waals surface area contributed by atoms with E-state index < -0.39 is 25.0 Å². The molecule has 0 N–H and O–H groups in total. The van der Waals surface area contributed by atoms with Crippen LogP contribution in [0.15, 0.2) is 184 Å². The number of rotatable bonds is 19. The van der Waals surface area contributed by atoms with Crippen LogP contribution >= 0.6 is 58.5 Å². The molecule has 6 atom stereocenters. The van der Waals surface area contributed by atoms with Crippen molar-refractivity contribution in [2.75, 3.05) is 0 Å². The van der Waals surface area contributed by atoms with Crippen molar-refractivity contribution in [3.05, 3.63) is 300 Å². The number of unbranched alkanes of at least 4 members (excludes halogenated alkanes) is 6. The predicted molar refractivity (Wildman–Crippen MR) is 614 cm³/mol. The minimum atomic E-state index is -1.98. The van der Waals surface area contributed by atoms with Gasteiger partial charge in [-0.15, -0.1) is 0 Å². The number of aryl methyl sites for hydroxylation is 1. The van der Waals surface area contributed by atoms with Crippen molar-refractivity contribution in [2.24, 2.45) is 0 Å². The van der Waals surface area contributed by atoms with Crippen LogP contribution in [0.4, 0.5) is 0 Å². The van der Waals surface area contributed by atoms with Gasteiger partial charge in [0.1, 0.15) is 10.3 Å². The van der Waals surface area contributed by atoms with Crippen molar-refractivity contribution in [1.82, 2.24) is 43.6 Å². The molecule has 15 nitrogen and oxygen atoms in total. The third-order valence-electron chi connectivity index (χ3n) is 26.8. The number of halogens is 5. The molecule has 0 aliphatic heterocycles. The molecular formula is C116H168BrCl4N9O6PdPt2Si3Zn2-6. The quantitative estimate of drug-likeness (QED) is 0.0325. The number of aromatic nitrogens is 9. The van der Waals surface area contributed by atoms with Gasteiger partial charge in [-0.2, -0.15) is 57.1 Å². The van der Waals surface area contributed by atoms with Crippen LogP contribution in [-0.4, -0.2) is 86.9 Å². The molecule has 0 bridgehead atoms. The maximum Gasteiger partial charge on any atom is 0 e. The molecule has 28 heteroatoms. The van der Waals surface area contributed by atoms with Crippen LogP contribution in [0.1, 0.15) is 310 Å². The number of benzene rings is 6. The Hall–Kier alpha value is -3.70. The fourth-order valence-electron chi connectivity index (χ4n) is 15.3. The molecule has 3 saturated carbocycles. The Kier molecular flexibility index (Phi) is 69.5. The van der Waals surface area contributed by atoms with Gasteiger partial charge in [-0.25, -0.2) is 19.9 Å². The first-order valence-electron chi connectivity index (χ1n) is 50.7. The average molecular weight is 2720 g/mol. The minimum absolute atomic E-state index is 0. The zero-order valence-corrected chi connectivity index (χ0v) is 111. The number of hydrogen-bond donors (Lipinski definition) is 0. The monoisotopic (exact) mass is 2710 g/mol. The molecule has 0 amide bonds. The summed E-state index contributed by atoms with van der Waals surface area (Å²) >= 11 is 16.8. The number of nitrogens with zero attached hydrogens (tertiary/aromatic N) is 9. The van der Waals surface area contributed by atoms with E-state index in [2.05, 4.69) is 271 Å². The molecule has 3 aliphatic rings. The van der Waals surface area contributed by atoms with Gasteiger partial charge in [0.05, 0.1) is 88.1 Å². The molecule has 15 rings (SSSR count). The molecule has 12 aromatic rings. The molecule has 0 saturated heterocycles. The minimum Gasteiger partial charge on any atom is 0 e. The Balaban J connectivity index is 0.00000180. The van der Waals surface area contributed by atoms with Crippen LogP contribution in [0.2, 0.25) is 64.7 Å². The molecular weight excluding hydrogens is 2550 g/mol. The Morgan fingerprint density at radius 1 is 0.382 bits per heavy atom. The molecule has 144 heavy (non-hydrogen) atoms. The van der Waals surface area contributed by atoms with Gasteiger partial charge in [-0.3, -0.25) is 33.1 Å². The van der Waals surface area contributed by atoms with Crippen molar-refractivity contribution < 1.29 is 110 Å². The van der Waals surface area contributed by atoms with Crippen LogP contribution in [0.5, 0.6) is 0 Å². The molecule has 6 aromatic carbocycles. The fourth-order valence-corrected chi connectivity index (χ4v) is 20.2. The topological polar surface area (TPSA) is 171 Å². The van der Waals surface area contributed by atoms with E-state index in [1.807, 2.05) is 93.6 Å². The van der Waals surface area contributed by atoms with E-state index in [9.17, 15) is 14.4 Å². The average Bonchev–Trinajstić information content (AvgIpc) is 0.753. The second-order valence-electron chi connectivity index (χ2n) is 40.7. The maximum absolute atomic E-state index is 14.1. The molecule has 0 spiro atoms. The van der Waals surface area contributed by atoms with Gasteiger partial charge in [0.15, 0.2) is 25.0 Å². The van der Waals surface area contributed by atoms with E-state index in [1.165, 1.54) is 38.5 Å². The van der Waals surface area contributed by atoms with Gasteiger partial charge < -0.3 is 67.2 Å². The van der Waals surface area contributed by atoms with Crippen LogP contribution in [0.25, 0.3) is 65.0 Å². The molecule has 800 valence electrons. The SMILES string of the molecule is CC(C)(C)[Si](C)(C)O[C@H]1CCCC[C@@H]1n1cnc2c(cc(Br)c3ccccc32)c1=O.CC(C)(C)[Si](C)(C)O[C@H]1CCCC[C@@H]1n1cnc2c(cc(Cc3ccc(Cl)nc3)c3ccccc32)c1=O.Cc1ccc(Cc2cc3c(=O)n([C@H]4CCCC[C@@H]4O[Si](C)(C)C(C)(C)C)cnc3c3ccccc23)cn1.[CH2-]CCC.[CH2-]CCC.[CH2-]CCC.[CH2-]CCC.[CH2-]CCC.[CH2-]CCC.[CH2-]c1ccc(Cl)nc1.[CH3-].[Cl][Zn+].[Cl][Zn+].[Pd].[Pt].[Pt]. The van der Waals surface area contributed by atoms with Crippen LogP contribution in [-0.2, 0) is 123 Å². The number of pyridine rings is 3. The van der Waals surface area contributed by atoms with Crippen molar-refractivity contribution in [3.8, 4) is 0 Å². The first-order valence-corrected chi connectivity index (χ1v) is 68.7.